The lowest BCUT2D eigenvalue weighted by molar-refractivity contribution is 0.0642. The smallest absolute Gasteiger partial charge is 0.261 e. The molecule has 0 bridgehead atoms. The van der Waals surface area contributed by atoms with Crippen molar-refractivity contribution in [3.63, 3.8) is 0 Å². The Kier molecular flexibility index (Phi) is 5.44. The number of imide groups is 1. The first-order valence-electron chi connectivity index (χ1n) is 9.92. The van der Waals surface area contributed by atoms with E-state index >= 15 is 0 Å². The summed E-state index contributed by atoms with van der Waals surface area (Å²) in [5.41, 5.74) is 3.24. The molecule has 0 saturated heterocycles. The number of nitrogens with one attached hydrogen (secondary N) is 1. The van der Waals surface area contributed by atoms with E-state index in [2.05, 4.69) is 12.2 Å². The second-order valence-corrected chi connectivity index (χ2v) is 7.46. The number of benzene rings is 3. The van der Waals surface area contributed by atoms with Gasteiger partial charge in [-0.2, -0.15) is 0 Å². The normalized spacial score (nSPS) is 13.8. The van der Waals surface area contributed by atoms with Crippen LogP contribution in [0.25, 0.3) is 0 Å². The van der Waals surface area contributed by atoms with E-state index in [1.54, 1.807) is 42.5 Å². The highest BCUT2D eigenvalue weighted by atomic mass is 16.2. The summed E-state index contributed by atoms with van der Waals surface area (Å²) in [6, 6.07) is 23.9. The summed E-state index contributed by atoms with van der Waals surface area (Å²) in [6.07, 6.45) is 0. The molecule has 150 valence electrons. The average molecular weight is 398 g/mol. The van der Waals surface area contributed by atoms with Crippen molar-refractivity contribution in [2.75, 3.05) is 6.54 Å². The number of carbonyl (C=O) groups excluding carboxylic acids is 3. The van der Waals surface area contributed by atoms with E-state index in [0.717, 1.165) is 11.1 Å². The van der Waals surface area contributed by atoms with Gasteiger partial charge in [0.25, 0.3) is 17.7 Å². The van der Waals surface area contributed by atoms with Crippen molar-refractivity contribution in [3.05, 3.63) is 107 Å². The Hall–Kier alpha value is -3.73. The number of rotatable bonds is 6. The second kappa shape index (κ2) is 8.33. The number of amides is 3. The van der Waals surface area contributed by atoms with Crippen molar-refractivity contribution in [2.24, 2.45) is 0 Å². The van der Waals surface area contributed by atoms with E-state index in [9.17, 15) is 14.4 Å². The van der Waals surface area contributed by atoms with Crippen LogP contribution in [0.4, 0.5) is 0 Å². The van der Waals surface area contributed by atoms with E-state index in [1.165, 1.54) is 4.90 Å². The molecule has 0 saturated carbocycles. The van der Waals surface area contributed by atoms with Crippen molar-refractivity contribution in [1.29, 1.82) is 0 Å². The zero-order chi connectivity index (χ0) is 21.1. The Labute approximate surface area is 175 Å². The van der Waals surface area contributed by atoms with Crippen LogP contribution in [0.15, 0.2) is 78.9 Å². The van der Waals surface area contributed by atoms with Crippen LogP contribution >= 0.6 is 0 Å². The predicted octanol–water partition coefficient (Wildman–Crippen LogP) is 4.02. The maximum absolute atomic E-state index is 12.6. The third kappa shape index (κ3) is 3.87. The summed E-state index contributed by atoms with van der Waals surface area (Å²) in [7, 11) is 0. The maximum atomic E-state index is 12.6. The largest absolute Gasteiger partial charge is 0.351 e. The standard InChI is InChI=1S/C25H22N2O3/c1-17(19-9-3-2-4-10-19)15-26-23(28)20-11-7-8-18(14-20)16-27-24(29)21-12-5-6-13-22(21)25(27)30/h2-14,17H,15-16H2,1H3,(H,26,28). The number of fused-ring (bicyclic) bond motifs is 1. The van der Waals surface area contributed by atoms with Crippen LogP contribution in [0.3, 0.4) is 0 Å². The molecule has 5 heteroatoms. The molecule has 3 amide bonds. The first-order chi connectivity index (χ1) is 14.5. The fourth-order valence-corrected chi connectivity index (χ4v) is 3.62. The second-order valence-electron chi connectivity index (χ2n) is 7.46. The Balaban J connectivity index is 1.42. The van der Waals surface area contributed by atoms with Gasteiger partial charge in [-0.3, -0.25) is 19.3 Å². The third-order valence-corrected chi connectivity index (χ3v) is 5.35. The molecule has 0 aromatic heterocycles. The lowest BCUT2D eigenvalue weighted by Crippen LogP contribution is -2.30. The molecule has 1 unspecified atom stereocenters. The maximum Gasteiger partial charge on any atom is 0.261 e. The highest BCUT2D eigenvalue weighted by molar-refractivity contribution is 6.21. The predicted molar refractivity (Wildman–Crippen MR) is 114 cm³/mol. The molecule has 0 aliphatic carbocycles. The number of carbonyl (C=O) groups is 3. The van der Waals surface area contributed by atoms with Crippen molar-refractivity contribution in [3.8, 4) is 0 Å². The van der Waals surface area contributed by atoms with Gasteiger partial charge < -0.3 is 5.32 Å². The molecule has 1 aliphatic rings. The zero-order valence-electron chi connectivity index (χ0n) is 16.7. The van der Waals surface area contributed by atoms with Gasteiger partial charge in [0.15, 0.2) is 0 Å². The van der Waals surface area contributed by atoms with Crippen molar-refractivity contribution in [2.45, 2.75) is 19.4 Å². The summed E-state index contributed by atoms with van der Waals surface area (Å²) >= 11 is 0. The van der Waals surface area contributed by atoms with Crippen LogP contribution in [0, 0.1) is 0 Å². The van der Waals surface area contributed by atoms with Gasteiger partial charge >= 0.3 is 0 Å². The van der Waals surface area contributed by atoms with E-state index < -0.39 is 0 Å². The molecule has 1 N–H and O–H groups in total. The average Bonchev–Trinajstić information content (AvgIpc) is 3.03. The van der Waals surface area contributed by atoms with Gasteiger partial charge in [0.1, 0.15) is 0 Å². The van der Waals surface area contributed by atoms with Crippen LogP contribution in [-0.2, 0) is 6.54 Å². The molecular weight excluding hydrogens is 376 g/mol. The lowest BCUT2D eigenvalue weighted by Gasteiger charge is -2.15. The summed E-state index contributed by atoms with van der Waals surface area (Å²) in [6.45, 7) is 2.72. The van der Waals surface area contributed by atoms with Gasteiger partial charge in [0, 0.05) is 12.1 Å². The molecule has 1 heterocycles. The van der Waals surface area contributed by atoms with Gasteiger partial charge in [-0.15, -0.1) is 0 Å². The molecular formula is C25H22N2O3. The zero-order valence-corrected chi connectivity index (χ0v) is 16.7. The van der Waals surface area contributed by atoms with E-state index in [0.29, 0.717) is 23.2 Å². The fraction of sp³-hybridized carbons (Fsp3) is 0.160. The van der Waals surface area contributed by atoms with Crippen LogP contribution in [0.2, 0.25) is 0 Å². The van der Waals surface area contributed by atoms with Crippen LogP contribution in [0.1, 0.15) is 55.0 Å². The summed E-state index contributed by atoms with van der Waals surface area (Å²) in [5.74, 6) is -0.594. The molecule has 1 atom stereocenters. The van der Waals surface area contributed by atoms with Crippen LogP contribution in [-0.4, -0.2) is 29.2 Å². The Morgan fingerprint density at radius 1 is 0.867 bits per heavy atom. The quantitative estimate of drug-likeness (QED) is 0.638. The van der Waals surface area contributed by atoms with E-state index in [4.69, 9.17) is 0 Å². The van der Waals surface area contributed by atoms with Crippen molar-refractivity contribution in [1.82, 2.24) is 10.2 Å². The minimum Gasteiger partial charge on any atom is -0.351 e. The number of nitrogens with zero attached hydrogens (tertiary/aromatic N) is 1. The van der Waals surface area contributed by atoms with Gasteiger partial charge in [0.2, 0.25) is 0 Å². The number of hydrogen-bond donors (Lipinski definition) is 1. The van der Waals surface area contributed by atoms with Gasteiger partial charge in [-0.05, 0) is 41.3 Å². The van der Waals surface area contributed by atoms with Crippen molar-refractivity contribution >= 4 is 17.7 Å². The summed E-state index contributed by atoms with van der Waals surface area (Å²) in [4.78, 5) is 39.0. The van der Waals surface area contributed by atoms with Gasteiger partial charge in [0.05, 0.1) is 17.7 Å². The fourth-order valence-electron chi connectivity index (χ4n) is 3.62. The van der Waals surface area contributed by atoms with Crippen LogP contribution < -0.4 is 5.32 Å². The van der Waals surface area contributed by atoms with Crippen molar-refractivity contribution < 1.29 is 14.4 Å². The minimum absolute atomic E-state index is 0.133. The van der Waals surface area contributed by atoms with Crippen LogP contribution in [0.5, 0.6) is 0 Å². The molecule has 1 aliphatic heterocycles. The molecule has 3 aromatic rings. The topological polar surface area (TPSA) is 66.5 Å². The Morgan fingerprint density at radius 2 is 1.50 bits per heavy atom. The molecule has 3 aromatic carbocycles. The van der Waals surface area contributed by atoms with Gasteiger partial charge in [-0.1, -0.05) is 61.5 Å². The summed E-state index contributed by atoms with van der Waals surface area (Å²) in [5, 5.41) is 2.96. The Bertz CT molecular complexity index is 1070. The molecule has 0 spiro atoms. The molecule has 0 fully saturated rings. The first kappa shape index (κ1) is 19.6. The summed E-state index contributed by atoms with van der Waals surface area (Å²) < 4.78 is 0. The number of hydrogen-bond acceptors (Lipinski definition) is 3. The molecule has 4 rings (SSSR count). The highest BCUT2D eigenvalue weighted by Crippen LogP contribution is 2.24. The molecule has 0 radical (unpaired) electrons. The monoisotopic (exact) mass is 398 g/mol. The SMILES string of the molecule is CC(CNC(=O)c1cccc(CN2C(=O)c3ccccc3C2=O)c1)c1ccccc1. The Morgan fingerprint density at radius 3 is 2.17 bits per heavy atom. The lowest BCUT2D eigenvalue weighted by atomic mass is 10.0. The van der Waals surface area contributed by atoms with Gasteiger partial charge in [-0.25, -0.2) is 0 Å². The highest BCUT2D eigenvalue weighted by Gasteiger charge is 2.34. The van der Waals surface area contributed by atoms with E-state index in [-0.39, 0.29) is 30.2 Å². The molecule has 5 nitrogen and oxygen atoms in total. The first-order valence-corrected chi connectivity index (χ1v) is 9.92. The third-order valence-electron chi connectivity index (χ3n) is 5.35. The molecule has 30 heavy (non-hydrogen) atoms. The minimum atomic E-state index is -0.304. The van der Waals surface area contributed by atoms with E-state index in [1.807, 2.05) is 36.4 Å².